The Labute approximate surface area is 103 Å². The van der Waals surface area contributed by atoms with E-state index >= 15 is 0 Å². The maximum absolute atomic E-state index is 8.23. The number of hydrogen-bond donors (Lipinski definition) is 0. The highest BCUT2D eigenvalue weighted by molar-refractivity contribution is 5.59. The van der Waals surface area contributed by atoms with E-state index in [0.717, 1.165) is 12.8 Å². The van der Waals surface area contributed by atoms with Gasteiger partial charge >= 0.3 is 0 Å². The molecule has 0 aliphatic carbocycles. The van der Waals surface area contributed by atoms with Crippen molar-refractivity contribution in [3.63, 3.8) is 0 Å². The summed E-state index contributed by atoms with van der Waals surface area (Å²) in [4.78, 5) is 2.74. The van der Waals surface area contributed by atoms with Gasteiger partial charge in [0, 0.05) is 11.5 Å². The Kier molecular flexibility index (Phi) is 5.31. The predicted molar refractivity (Wildman–Crippen MR) is 73.0 cm³/mol. The number of nitrogens with zero attached hydrogens (tertiary/aromatic N) is 3. The van der Waals surface area contributed by atoms with Gasteiger partial charge in [0.05, 0.1) is 0 Å². The molecule has 17 heavy (non-hydrogen) atoms. The van der Waals surface area contributed by atoms with Gasteiger partial charge in [-0.3, -0.25) is 0 Å². The second kappa shape index (κ2) is 6.77. The Bertz CT molecular complexity index is 430. The molecule has 3 nitrogen and oxygen atoms in total. The molecular weight excluding hydrogens is 210 g/mol. The molecule has 0 spiro atoms. The van der Waals surface area contributed by atoms with E-state index in [1.54, 1.807) is 0 Å². The zero-order valence-electron chi connectivity index (χ0n) is 10.8. The Balaban J connectivity index is 3.10. The average molecular weight is 229 g/mol. The molecule has 0 amide bonds. The fourth-order valence-electron chi connectivity index (χ4n) is 2.01. The van der Waals surface area contributed by atoms with Gasteiger partial charge in [-0.2, -0.15) is 0 Å². The maximum atomic E-state index is 8.23. The van der Waals surface area contributed by atoms with Crippen LogP contribution in [0.25, 0.3) is 16.5 Å². The van der Waals surface area contributed by atoms with Crippen LogP contribution in [0.1, 0.15) is 36.1 Å². The van der Waals surface area contributed by atoms with Gasteiger partial charge in [-0.15, -0.1) is 0 Å². The Morgan fingerprint density at radius 1 is 1.24 bits per heavy atom. The van der Waals surface area contributed by atoms with Gasteiger partial charge in [0.2, 0.25) is 0 Å². The van der Waals surface area contributed by atoms with Gasteiger partial charge in [-0.05, 0) is 42.0 Å². The van der Waals surface area contributed by atoms with E-state index in [4.69, 9.17) is 5.53 Å². The predicted octanol–water partition coefficient (Wildman–Crippen LogP) is 4.44. The molecule has 0 saturated heterocycles. The molecule has 0 aliphatic rings. The smallest absolute Gasteiger partial charge is 0.0443 e. The van der Waals surface area contributed by atoms with Crippen LogP contribution in [0.4, 0.5) is 0 Å². The number of azide groups is 1. The summed E-state index contributed by atoms with van der Waals surface area (Å²) in [7, 11) is 0. The second-order valence-electron chi connectivity index (χ2n) is 4.02. The van der Waals surface area contributed by atoms with Gasteiger partial charge < -0.3 is 0 Å². The van der Waals surface area contributed by atoms with Crippen molar-refractivity contribution in [1.29, 1.82) is 0 Å². The van der Waals surface area contributed by atoms with E-state index in [2.05, 4.69) is 49.0 Å². The number of aryl methyl sites for hydroxylation is 3. The van der Waals surface area contributed by atoms with Crippen LogP contribution in [0.2, 0.25) is 0 Å². The number of benzene rings is 1. The lowest BCUT2D eigenvalue weighted by molar-refractivity contribution is 1.06. The Morgan fingerprint density at radius 3 is 2.29 bits per heavy atom. The minimum atomic E-state index is 0.413. The largest absolute Gasteiger partial charge is 0.0899 e. The van der Waals surface area contributed by atoms with Crippen molar-refractivity contribution in [3.05, 3.63) is 50.9 Å². The summed E-state index contributed by atoms with van der Waals surface area (Å²) in [6.45, 7) is 6.88. The first-order chi connectivity index (χ1) is 8.22. The van der Waals surface area contributed by atoms with E-state index in [-0.39, 0.29) is 0 Å². The van der Waals surface area contributed by atoms with Gasteiger partial charge in [0.1, 0.15) is 0 Å². The van der Waals surface area contributed by atoms with E-state index < -0.39 is 0 Å². The Morgan fingerprint density at radius 2 is 1.82 bits per heavy atom. The fraction of sp³-hybridized carbons (Fsp3) is 0.429. The van der Waals surface area contributed by atoms with Crippen molar-refractivity contribution in [1.82, 2.24) is 0 Å². The number of hydrogen-bond acceptors (Lipinski definition) is 1. The molecule has 0 saturated carbocycles. The highest BCUT2D eigenvalue weighted by Gasteiger charge is 2.04. The van der Waals surface area contributed by atoms with Crippen molar-refractivity contribution >= 4 is 6.08 Å². The molecule has 90 valence electrons. The first-order valence-electron chi connectivity index (χ1n) is 6.02. The molecule has 0 N–H and O–H groups in total. The topological polar surface area (TPSA) is 48.8 Å². The zero-order valence-corrected chi connectivity index (χ0v) is 10.8. The molecule has 0 unspecified atom stereocenters. The Hall–Kier alpha value is -1.73. The normalized spacial score (nSPS) is 10.5. The minimum absolute atomic E-state index is 0.413. The van der Waals surface area contributed by atoms with Gasteiger partial charge in [0.25, 0.3) is 0 Å². The third kappa shape index (κ3) is 3.65. The lowest BCUT2D eigenvalue weighted by Crippen LogP contribution is -1.95. The third-order valence-electron chi connectivity index (χ3n) is 2.79. The van der Waals surface area contributed by atoms with Crippen LogP contribution in [0.5, 0.6) is 0 Å². The van der Waals surface area contributed by atoms with Crippen molar-refractivity contribution in [2.75, 3.05) is 6.54 Å². The maximum Gasteiger partial charge on any atom is 0.0443 e. The van der Waals surface area contributed by atoms with E-state index in [1.807, 2.05) is 6.08 Å². The number of rotatable bonds is 5. The van der Waals surface area contributed by atoms with Crippen molar-refractivity contribution in [3.8, 4) is 0 Å². The zero-order chi connectivity index (χ0) is 12.7. The summed E-state index contributed by atoms with van der Waals surface area (Å²) in [5.74, 6) is 0. The van der Waals surface area contributed by atoms with E-state index in [9.17, 15) is 0 Å². The van der Waals surface area contributed by atoms with E-state index in [0.29, 0.717) is 6.54 Å². The molecule has 0 aliphatic heterocycles. The van der Waals surface area contributed by atoms with Crippen LogP contribution in [-0.4, -0.2) is 6.54 Å². The molecule has 3 heteroatoms. The van der Waals surface area contributed by atoms with Crippen LogP contribution < -0.4 is 0 Å². The van der Waals surface area contributed by atoms with Crippen LogP contribution in [0.15, 0.2) is 23.3 Å². The van der Waals surface area contributed by atoms with Crippen LogP contribution in [0, 0.1) is 6.92 Å². The molecule has 1 aromatic rings. The minimum Gasteiger partial charge on any atom is -0.0899 e. The summed E-state index contributed by atoms with van der Waals surface area (Å²) in [6.07, 6.45) is 6.04. The van der Waals surface area contributed by atoms with Crippen molar-refractivity contribution in [2.45, 2.75) is 33.6 Å². The summed E-state index contributed by atoms with van der Waals surface area (Å²) in [5, 5.41) is 3.51. The molecule has 0 heterocycles. The quantitative estimate of drug-likeness (QED) is 0.407. The molecule has 1 rings (SSSR count). The highest BCUT2D eigenvalue weighted by Crippen LogP contribution is 2.20. The van der Waals surface area contributed by atoms with E-state index in [1.165, 1.54) is 22.3 Å². The molecular formula is C14H19N3. The molecule has 0 aromatic heterocycles. The summed E-state index contributed by atoms with van der Waals surface area (Å²) in [6, 6.07) is 4.46. The van der Waals surface area contributed by atoms with Gasteiger partial charge in [-0.25, -0.2) is 0 Å². The second-order valence-corrected chi connectivity index (χ2v) is 4.02. The molecule has 1 aromatic carbocycles. The molecule has 0 atom stereocenters. The molecule has 0 radical (unpaired) electrons. The van der Waals surface area contributed by atoms with Crippen LogP contribution in [0.3, 0.4) is 0 Å². The van der Waals surface area contributed by atoms with Gasteiger partial charge in [0.15, 0.2) is 0 Å². The summed E-state index contributed by atoms with van der Waals surface area (Å²) >= 11 is 0. The lowest BCUT2D eigenvalue weighted by atomic mass is 9.94. The lowest BCUT2D eigenvalue weighted by Gasteiger charge is -2.11. The third-order valence-corrected chi connectivity index (χ3v) is 2.79. The summed E-state index contributed by atoms with van der Waals surface area (Å²) in [5.41, 5.74) is 13.5. The fourth-order valence-corrected chi connectivity index (χ4v) is 2.01. The van der Waals surface area contributed by atoms with Crippen molar-refractivity contribution in [2.24, 2.45) is 5.11 Å². The first kappa shape index (κ1) is 13.3. The summed E-state index contributed by atoms with van der Waals surface area (Å²) < 4.78 is 0. The standard InChI is InChI=1S/C14H19N3/c1-4-12-9-11(3)10-13(5-2)14(12)7-6-8-16-17-15/h6-7,9-10H,4-5,8H2,1-3H3. The highest BCUT2D eigenvalue weighted by atomic mass is 15.1. The average Bonchev–Trinajstić information content (AvgIpc) is 2.35. The monoisotopic (exact) mass is 229 g/mol. The van der Waals surface area contributed by atoms with Crippen LogP contribution >= 0.6 is 0 Å². The van der Waals surface area contributed by atoms with Gasteiger partial charge in [-0.1, -0.05) is 48.8 Å². The molecule has 0 bridgehead atoms. The first-order valence-corrected chi connectivity index (χ1v) is 6.02. The van der Waals surface area contributed by atoms with Crippen LogP contribution in [-0.2, 0) is 12.8 Å². The molecule has 0 fully saturated rings. The van der Waals surface area contributed by atoms with Crippen molar-refractivity contribution < 1.29 is 0 Å². The SMILES string of the molecule is CCc1cc(C)cc(CC)c1C=CCN=[N+]=[N-].